The number of esters is 1. The zero-order valence-corrected chi connectivity index (χ0v) is 40.5. The molecule has 5 N–H and O–H groups in total. The van der Waals surface area contributed by atoms with Crippen molar-refractivity contribution in [1.82, 2.24) is 4.90 Å². The highest BCUT2D eigenvalue weighted by Gasteiger charge is 2.46. The average Bonchev–Trinajstić information content (AvgIpc) is 3.26. The number of allylic oxidation sites excluding steroid dienone is 6. The van der Waals surface area contributed by atoms with E-state index in [0.717, 1.165) is 12.0 Å². The molecular formula is C51H83NO12+2. The van der Waals surface area contributed by atoms with Crippen LogP contribution in [0.1, 0.15) is 132 Å². The summed E-state index contributed by atoms with van der Waals surface area (Å²) in [6.07, 6.45) is 14.3. The van der Waals surface area contributed by atoms with Crippen LogP contribution in [0.2, 0.25) is 0 Å². The van der Waals surface area contributed by atoms with Crippen LogP contribution < -0.4 is 0 Å². The first-order valence-corrected chi connectivity index (χ1v) is 24.0. The van der Waals surface area contributed by atoms with Gasteiger partial charge in [0.1, 0.15) is 24.0 Å². The lowest BCUT2D eigenvalue weighted by molar-refractivity contribution is -0.284. The van der Waals surface area contributed by atoms with Crippen molar-refractivity contribution in [2.45, 2.75) is 186 Å². The standard InChI is InChI=1S/C51H81NO12/c1-31-16-12-11-13-17-32(2)43(60-8)28-39-21-19-37(7)51(59,64-39)30-46(55)52-23-15-14-18-40(52)50(58)63-44(34(4)26-38-20-22-41(53)45(27-38)61-9)29-42(54)33(3)25-36(6)48(57)49(62-10)47(56)35(5)24-31/h11-13,16-17,25,31,33-35,37-41,43-45,48-49,53,57,59H,14-15,18-24,26-30H2,1-10H3/p+2/b13-11+,16-12+,32-17+,36-25+/t31-,33-,34-,35-,37-,38+,39+,40+,41-,43+,44+,45-,48-,49+,51+/m1/s1. The molecule has 13 heteroatoms. The van der Waals surface area contributed by atoms with Crippen molar-refractivity contribution in [2.75, 3.05) is 27.9 Å². The van der Waals surface area contributed by atoms with Gasteiger partial charge in [-0.05, 0) is 95.0 Å². The van der Waals surface area contributed by atoms with Crippen LogP contribution in [-0.2, 0) is 42.9 Å². The van der Waals surface area contributed by atoms with Crippen LogP contribution in [0, 0.1) is 35.5 Å². The van der Waals surface area contributed by atoms with Crippen LogP contribution in [0.5, 0.6) is 0 Å². The monoisotopic (exact) mass is 902 g/mol. The van der Waals surface area contributed by atoms with Crippen LogP contribution in [0.15, 0.2) is 47.6 Å². The number of ketones is 2. The first kappa shape index (κ1) is 53.6. The van der Waals surface area contributed by atoms with Crippen LogP contribution in [-0.4, -0.2) is 126 Å². The van der Waals surface area contributed by atoms with E-state index < -0.39 is 42.0 Å². The van der Waals surface area contributed by atoms with Gasteiger partial charge in [-0.2, -0.15) is 0 Å². The topological polar surface area (TPSA) is 184 Å². The number of Topliss-reactive ketones (excluding diaryl/α,β-unsaturated/α-hetero) is 2. The zero-order valence-electron chi connectivity index (χ0n) is 40.5. The fourth-order valence-electron chi connectivity index (χ4n) is 10.3. The molecule has 3 heterocycles. The minimum Gasteiger partial charge on any atom is -0.460 e. The van der Waals surface area contributed by atoms with Gasteiger partial charge in [0.25, 0.3) is 0 Å². The van der Waals surface area contributed by atoms with E-state index in [0.29, 0.717) is 76.3 Å². The Kier molecular flexibility index (Phi) is 21.1. The number of aliphatic hydroxyl groups is 1. The molecule has 0 spiro atoms. The molecule has 4 rings (SSSR count). The number of carbonyl (C=O) groups excluding carboxylic acids is 4. The number of hydrogen-bond acceptors (Lipinski definition) is 10. The van der Waals surface area contributed by atoms with Crippen molar-refractivity contribution in [3.63, 3.8) is 0 Å². The Labute approximate surface area is 383 Å². The summed E-state index contributed by atoms with van der Waals surface area (Å²) in [5.74, 6) is -4.33. The Bertz CT molecular complexity index is 1670. The van der Waals surface area contributed by atoms with E-state index in [2.05, 4.69) is 0 Å². The molecule has 3 fully saturated rings. The number of amides is 1. The number of piperidine rings is 1. The molecule has 15 atom stereocenters. The minimum absolute atomic E-state index is 0.0724. The van der Waals surface area contributed by atoms with Gasteiger partial charge in [-0.25, -0.2) is 4.79 Å². The van der Waals surface area contributed by atoms with Gasteiger partial charge in [0, 0.05) is 70.5 Å². The number of carbonyl (C=O) groups is 4. The van der Waals surface area contributed by atoms with Gasteiger partial charge < -0.3 is 43.9 Å². The quantitative estimate of drug-likeness (QED) is 0.176. The van der Waals surface area contributed by atoms with Crippen molar-refractivity contribution in [1.29, 1.82) is 0 Å². The molecule has 0 unspecified atom stereocenters. The smallest absolute Gasteiger partial charge is 0.329 e. The number of hydrogen-bond donors (Lipinski definition) is 1. The van der Waals surface area contributed by atoms with Gasteiger partial charge in [-0.3, -0.25) is 14.4 Å². The Balaban J connectivity index is 1.67. The van der Waals surface area contributed by atoms with Crippen LogP contribution >= 0.6 is 0 Å². The SMILES string of the molecule is CO[C@H]1C[C@@H]2CC[C@@H](C)[C@](O)(CC(=O)N3CCCC[C@H]3C(=O)O[C@H]([C@H](C)C[C@@H]3CC[C@@H]([OH2+])[C@H](OC)C3)CC(=O)[C@H](C)/C=C(\C)[C@@H]([OH2+])[C@@H](OC)C(=O)[C@H](C)C[C@H](C)/C=C/C=C/C=C/1C)O2. The molecule has 1 aliphatic carbocycles. The molecule has 64 heavy (non-hydrogen) atoms. The van der Waals surface area contributed by atoms with Gasteiger partial charge in [0.05, 0.1) is 18.6 Å². The maximum Gasteiger partial charge on any atom is 0.329 e. The van der Waals surface area contributed by atoms with E-state index in [9.17, 15) is 24.3 Å². The average molecular weight is 902 g/mol. The maximum absolute atomic E-state index is 14.4. The predicted octanol–water partition coefficient (Wildman–Crippen LogP) is 6.47. The number of cyclic esters (lactones) is 1. The Morgan fingerprint density at radius 3 is 2.30 bits per heavy atom. The molecule has 3 aliphatic heterocycles. The van der Waals surface area contributed by atoms with Crippen molar-refractivity contribution >= 4 is 23.4 Å². The Morgan fingerprint density at radius 1 is 0.875 bits per heavy atom. The lowest BCUT2D eigenvalue weighted by Crippen LogP contribution is -2.55. The summed E-state index contributed by atoms with van der Waals surface area (Å²) in [6, 6.07) is -0.886. The second kappa shape index (κ2) is 25.2. The summed E-state index contributed by atoms with van der Waals surface area (Å²) in [4.78, 5) is 58.1. The first-order valence-electron chi connectivity index (χ1n) is 24.0. The Morgan fingerprint density at radius 2 is 1.61 bits per heavy atom. The van der Waals surface area contributed by atoms with Crippen molar-refractivity contribution in [3.8, 4) is 0 Å². The third-order valence-corrected chi connectivity index (χ3v) is 14.6. The third-order valence-electron chi connectivity index (χ3n) is 14.6. The summed E-state index contributed by atoms with van der Waals surface area (Å²) >= 11 is 0. The molecule has 0 aromatic heterocycles. The molecule has 2 saturated heterocycles. The molecule has 1 amide bonds. The molecule has 4 aliphatic rings. The van der Waals surface area contributed by atoms with Gasteiger partial charge in [0.2, 0.25) is 12.0 Å². The second-order valence-corrected chi connectivity index (χ2v) is 19.7. The zero-order chi connectivity index (χ0) is 47.3. The lowest BCUT2D eigenvalue weighted by Gasteiger charge is -2.44. The summed E-state index contributed by atoms with van der Waals surface area (Å²) in [5, 5.41) is 29.5. The molecule has 13 nitrogen and oxygen atoms in total. The van der Waals surface area contributed by atoms with Crippen LogP contribution in [0.3, 0.4) is 0 Å². The number of ether oxygens (including phenoxy) is 5. The number of rotatable bonds is 6. The molecule has 2 bridgehead atoms. The van der Waals surface area contributed by atoms with Gasteiger partial charge in [0.15, 0.2) is 23.8 Å². The lowest BCUT2D eigenvalue weighted by atomic mass is 9.78. The summed E-state index contributed by atoms with van der Waals surface area (Å²) < 4.78 is 29.9. The van der Waals surface area contributed by atoms with E-state index in [1.165, 1.54) is 12.0 Å². The maximum atomic E-state index is 14.4. The van der Waals surface area contributed by atoms with Gasteiger partial charge in [-0.1, -0.05) is 71.1 Å². The molecule has 1 saturated carbocycles. The van der Waals surface area contributed by atoms with Crippen molar-refractivity contribution in [3.05, 3.63) is 47.6 Å². The highest BCUT2D eigenvalue weighted by atomic mass is 16.6. The highest BCUT2D eigenvalue weighted by molar-refractivity contribution is 5.87. The van der Waals surface area contributed by atoms with E-state index in [1.807, 2.05) is 65.0 Å². The fourth-order valence-corrected chi connectivity index (χ4v) is 10.3. The van der Waals surface area contributed by atoms with Crippen LogP contribution in [0.4, 0.5) is 0 Å². The molecule has 0 radical (unpaired) electrons. The van der Waals surface area contributed by atoms with E-state index >= 15 is 0 Å². The second-order valence-electron chi connectivity index (χ2n) is 19.7. The number of methoxy groups -OCH3 is 3. The molecule has 362 valence electrons. The molecular weight excluding hydrogens is 819 g/mol. The summed E-state index contributed by atoms with van der Waals surface area (Å²) in [7, 11) is 4.72. The predicted molar refractivity (Wildman–Crippen MR) is 248 cm³/mol. The van der Waals surface area contributed by atoms with E-state index in [-0.39, 0.29) is 84.3 Å². The van der Waals surface area contributed by atoms with Crippen molar-refractivity contribution in [2.24, 2.45) is 35.5 Å². The number of nitrogens with zero attached hydrogens (tertiary/aromatic N) is 1. The normalized spacial score (nSPS) is 40.8. The summed E-state index contributed by atoms with van der Waals surface area (Å²) in [5.41, 5.74) is 1.51. The highest BCUT2D eigenvalue weighted by Crippen LogP contribution is 2.39. The first-order chi connectivity index (χ1) is 30.3. The van der Waals surface area contributed by atoms with Crippen molar-refractivity contribution < 1.29 is 58.2 Å². The summed E-state index contributed by atoms with van der Waals surface area (Å²) in [6.45, 7) is 13.6. The van der Waals surface area contributed by atoms with Gasteiger partial charge >= 0.3 is 5.97 Å². The van der Waals surface area contributed by atoms with E-state index in [4.69, 9.17) is 33.9 Å². The fraction of sp³-hybridized carbons (Fsp3) is 0.765. The molecule has 0 aromatic carbocycles. The van der Waals surface area contributed by atoms with E-state index in [1.54, 1.807) is 34.1 Å². The minimum atomic E-state index is -1.74. The van der Waals surface area contributed by atoms with Gasteiger partial charge in [-0.15, -0.1) is 0 Å². The third kappa shape index (κ3) is 14.7. The Hall–Kier alpha value is -3.04. The largest absolute Gasteiger partial charge is 0.460 e. The number of fused-ring (bicyclic) bond motifs is 3. The van der Waals surface area contributed by atoms with Crippen LogP contribution in [0.25, 0.3) is 0 Å². The molecule has 0 aromatic rings.